The highest BCUT2D eigenvalue weighted by molar-refractivity contribution is 7.85. The summed E-state index contributed by atoms with van der Waals surface area (Å²) >= 11 is 0. The zero-order valence-electron chi connectivity index (χ0n) is 14.5. The van der Waals surface area contributed by atoms with E-state index in [1.165, 1.54) is 0 Å². The van der Waals surface area contributed by atoms with E-state index < -0.39 is 10.1 Å². The fourth-order valence-corrected chi connectivity index (χ4v) is 3.27. The van der Waals surface area contributed by atoms with Crippen molar-refractivity contribution in [3.05, 3.63) is 60.2 Å². The first-order valence-electron chi connectivity index (χ1n) is 8.32. The highest BCUT2D eigenvalue weighted by Crippen LogP contribution is 2.27. The largest absolute Gasteiger partial charge is 0.489 e. The van der Waals surface area contributed by atoms with E-state index in [2.05, 4.69) is 0 Å². The van der Waals surface area contributed by atoms with E-state index in [1.54, 1.807) is 4.90 Å². The molecule has 1 atom stereocenters. The van der Waals surface area contributed by atoms with Crippen LogP contribution in [-0.2, 0) is 25.7 Å². The Labute approximate surface area is 153 Å². The molecule has 1 amide bonds. The van der Waals surface area contributed by atoms with Gasteiger partial charge in [-0.25, -0.2) is 0 Å². The molecule has 2 aromatic rings. The lowest BCUT2D eigenvalue weighted by molar-refractivity contribution is -0.117. The van der Waals surface area contributed by atoms with Gasteiger partial charge in [0.25, 0.3) is 10.1 Å². The van der Waals surface area contributed by atoms with Crippen molar-refractivity contribution in [2.45, 2.75) is 13.0 Å². The van der Waals surface area contributed by atoms with Crippen LogP contribution in [0.1, 0.15) is 12.0 Å². The number of carbonyl (C=O) groups excluding carboxylic acids is 1. The Morgan fingerprint density at radius 2 is 1.77 bits per heavy atom. The van der Waals surface area contributed by atoms with Crippen molar-refractivity contribution in [3.8, 4) is 5.75 Å². The molecule has 0 bridgehead atoms. The monoisotopic (exact) mass is 375 g/mol. The zero-order chi connectivity index (χ0) is 18.6. The minimum Gasteiger partial charge on any atom is -0.489 e. The molecule has 0 radical (unpaired) electrons. The molecule has 7 heteroatoms. The van der Waals surface area contributed by atoms with E-state index in [0.717, 1.165) is 23.3 Å². The van der Waals surface area contributed by atoms with Crippen LogP contribution < -0.4 is 9.64 Å². The maximum atomic E-state index is 12.2. The normalized spacial score (nSPS) is 17.5. The molecule has 1 aliphatic rings. The van der Waals surface area contributed by atoms with Gasteiger partial charge in [-0.15, -0.1) is 0 Å². The standard InChI is InChI=1S/C19H21NO5S/c1-26(22,23)25-14-16-11-19(21)20(12-16)17-7-9-18(10-8-17)24-13-15-5-3-2-4-6-15/h2-10,16H,11-14H2,1H3. The first-order chi connectivity index (χ1) is 12.4. The number of hydrogen-bond acceptors (Lipinski definition) is 5. The number of ether oxygens (including phenoxy) is 1. The molecule has 0 aromatic heterocycles. The minimum atomic E-state index is -3.49. The van der Waals surface area contributed by atoms with Gasteiger partial charge in [-0.05, 0) is 29.8 Å². The molecule has 1 unspecified atom stereocenters. The first-order valence-corrected chi connectivity index (χ1v) is 10.1. The van der Waals surface area contributed by atoms with Crippen molar-refractivity contribution in [2.75, 3.05) is 24.3 Å². The summed E-state index contributed by atoms with van der Waals surface area (Å²) in [7, 11) is -3.49. The third-order valence-electron chi connectivity index (χ3n) is 4.12. The Kier molecular flexibility index (Phi) is 5.58. The summed E-state index contributed by atoms with van der Waals surface area (Å²) in [6.45, 7) is 0.950. The lowest BCUT2D eigenvalue weighted by Gasteiger charge is -2.17. The zero-order valence-corrected chi connectivity index (χ0v) is 15.3. The van der Waals surface area contributed by atoms with E-state index in [1.807, 2.05) is 54.6 Å². The molecule has 0 spiro atoms. The molecule has 26 heavy (non-hydrogen) atoms. The van der Waals surface area contributed by atoms with Gasteiger partial charge in [0.05, 0.1) is 12.9 Å². The van der Waals surface area contributed by atoms with Crippen LogP contribution in [0.5, 0.6) is 5.75 Å². The summed E-state index contributed by atoms with van der Waals surface area (Å²) in [5.74, 6) is 0.553. The Bertz CT molecular complexity index is 849. The predicted molar refractivity (Wildman–Crippen MR) is 98.5 cm³/mol. The van der Waals surface area contributed by atoms with Crippen molar-refractivity contribution < 1.29 is 22.1 Å². The molecule has 0 N–H and O–H groups in total. The molecule has 0 saturated carbocycles. The molecule has 1 aliphatic heterocycles. The SMILES string of the molecule is CS(=O)(=O)OCC1CC(=O)N(c2ccc(OCc3ccccc3)cc2)C1. The summed E-state index contributed by atoms with van der Waals surface area (Å²) in [4.78, 5) is 13.8. The Balaban J connectivity index is 1.57. The van der Waals surface area contributed by atoms with Gasteiger partial charge in [0.1, 0.15) is 12.4 Å². The topological polar surface area (TPSA) is 72.9 Å². The van der Waals surface area contributed by atoms with Crippen molar-refractivity contribution in [3.63, 3.8) is 0 Å². The molecular weight excluding hydrogens is 354 g/mol. The average molecular weight is 375 g/mol. The Morgan fingerprint density at radius 1 is 1.08 bits per heavy atom. The summed E-state index contributed by atoms with van der Waals surface area (Å²) in [5, 5.41) is 0. The lowest BCUT2D eigenvalue weighted by Crippen LogP contribution is -2.25. The maximum absolute atomic E-state index is 12.2. The van der Waals surface area contributed by atoms with Crippen molar-refractivity contribution in [2.24, 2.45) is 5.92 Å². The van der Waals surface area contributed by atoms with E-state index in [0.29, 0.717) is 13.2 Å². The number of benzene rings is 2. The van der Waals surface area contributed by atoms with E-state index >= 15 is 0 Å². The van der Waals surface area contributed by atoms with Crippen molar-refractivity contribution in [1.82, 2.24) is 0 Å². The number of rotatable bonds is 7. The van der Waals surface area contributed by atoms with Crippen LogP contribution in [-0.4, -0.2) is 33.7 Å². The molecule has 3 rings (SSSR count). The van der Waals surface area contributed by atoms with E-state index in [4.69, 9.17) is 8.92 Å². The van der Waals surface area contributed by atoms with Gasteiger partial charge in [-0.3, -0.25) is 8.98 Å². The second-order valence-corrected chi connectivity index (χ2v) is 7.98. The van der Waals surface area contributed by atoms with Gasteiger partial charge in [0.2, 0.25) is 5.91 Å². The Morgan fingerprint density at radius 3 is 2.42 bits per heavy atom. The van der Waals surface area contributed by atoms with Crippen molar-refractivity contribution >= 4 is 21.7 Å². The number of nitrogens with zero attached hydrogens (tertiary/aromatic N) is 1. The summed E-state index contributed by atoms with van der Waals surface area (Å²) in [6, 6.07) is 17.2. The van der Waals surface area contributed by atoms with Crippen LogP contribution in [0.2, 0.25) is 0 Å². The third-order valence-corrected chi connectivity index (χ3v) is 4.68. The highest BCUT2D eigenvalue weighted by Gasteiger charge is 2.31. The minimum absolute atomic E-state index is 0.0271. The van der Waals surface area contributed by atoms with E-state index in [9.17, 15) is 13.2 Å². The smallest absolute Gasteiger partial charge is 0.264 e. The van der Waals surface area contributed by atoms with Gasteiger partial charge >= 0.3 is 0 Å². The second kappa shape index (κ2) is 7.88. The highest BCUT2D eigenvalue weighted by atomic mass is 32.2. The summed E-state index contributed by atoms with van der Waals surface area (Å²) < 4.78 is 32.7. The second-order valence-electron chi connectivity index (χ2n) is 6.33. The van der Waals surface area contributed by atoms with E-state index in [-0.39, 0.29) is 24.9 Å². The van der Waals surface area contributed by atoms with Crippen LogP contribution in [0.15, 0.2) is 54.6 Å². The Hall–Kier alpha value is -2.38. The molecule has 6 nitrogen and oxygen atoms in total. The predicted octanol–water partition coefficient (Wildman–Crippen LogP) is 2.59. The quantitative estimate of drug-likeness (QED) is 0.696. The summed E-state index contributed by atoms with van der Waals surface area (Å²) in [5.41, 5.74) is 1.85. The van der Waals surface area contributed by atoms with Crippen molar-refractivity contribution in [1.29, 1.82) is 0 Å². The molecular formula is C19H21NO5S. The molecule has 0 aliphatic carbocycles. The number of carbonyl (C=O) groups is 1. The van der Waals surface area contributed by atoms with Crippen LogP contribution in [0, 0.1) is 5.92 Å². The molecule has 138 valence electrons. The fourth-order valence-electron chi connectivity index (χ4n) is 2.83. The van der Waals surface area contributed by atoms with Gasteiger partial charge in [-0.2, -0.15) is 8.42 Å². The van der Waals surface area contributed by atoms with Gasteiger partial charge in [0, 0.05) is 24.6 Å². The third kappa shape index (κ3) is 5.06. The molecule has 1 heterocycles. The number of amides is 1. The number of anilines is 1. The van der Waals surface area contributed by atoms with Gasteiger partial charge in [-0.1, -0.05) is 30.3 Å². The lowest BCUT2D eigenvalue weighted by atomic mass is 10.1. The first kappa shape index (κ1) is 18.4. The maximum Gasteiger partial charge on any atom is 0.264 e. The summed E-state index contributed by atoms with van der Waals surface area (Å²) in [6.07, 6.45) is 1.29. The fraction of sp³-hybridized carbons (Fsp3) is 0.316. The van der Waals surface area contributed by atoms with Gasteiger partial charge in [0.15, 0.2) is 0 Å². The van der Waals surface area contributed by atoms with Crippen LogP contribution >= 0.6 is 0 Å². The molecule has 1 fully saturated rings. The molecule has 1 saturated heterocycles. The molecule has 2 aromatic carbocycles. The average Bonchev–Trinajstić information content (AvgIpc) is 3.00. The van der Waals surface area contributed by atoms with Crippen LogP contribution in [0.25, 0.3) is 0 Å². The van der Waals surface area contributed by atoms with Crippen LogP contribution in [0.4, 0.5) is 5.69 Å². The van der Waals surface area contributed by atoms with Gasteiger partial charge < -0.3 is 9.64 Å². The number of hydrogen-bond donors (Lipinski definition) is 0. The van der Waals surface area contributed by atoms with Crippen LogP contribution in [0.3, 0.4) is 0 Å².